The van der Waals surface area contributed by atoms with E-state index in [1.54, 1.807) is 6.07 Å². The first-order chi connectivity index (χ1) is 12.8. The maximum Gasteiger partial charge on any atom is 0.573 e. The van der Waals surface area contributed by atoms with Crippen molar-refractivity contribution in [2.75, 3.05) is 5.73 Å². The molecule has 3 aromatic rings. The molecule has 0 aliphatic carbocycles. The minimum Gasteiger partial charge on any atom is -0.406 e. The van der Waals surface area contributed by atoms with E-state index in [1.165, 1.54) is 36.4 Å². The lowest BCUT2D eigenvalue weighted by Gasteiger charge is -2.12. The zero-order valence-corrected chi connectivity index (χ0v) is 13.6. The van der Waals surface area contributed by atoms with Gasteiger partial charge < -0.3 is 10.5 Å². The van der Waals surface area contributed by atoms with Gasteiger partial charge in [0.15, 0.2) is 0 Å². The molecule has 0 bridgehead atoms. The fourth-order valence-electron chi connectivity index (χ4n) is 2.54. The molecule has 0 saturated carbocycles. The fourth-order valence-corrected chi connectivity index (χ4v) is 2.54. The quantitative estimate of drug-likeness (QED) is 0.663. The normalized spacial score (nSPS) is 11.1. The zero-order chi connectivity index (χ0) is 19.6. The van der Waals surface area contributed by atoms with Crippen molar-refractivity contribution in [3.63, 3.8) is 0 Å². The molecule has 0 fully saturated rings. The Morgan fingerprint density at radius 2 is 1.70 bits per heavy atom. The minimum absolute atomic E-state index is 0.0649. The van der Waals surface area contributed by atoms with Crippen LogP contribution in [0.5, 0.6) is 5.75 Å². The second-order valence-corrected chi connectivity index (χ2v) is 5.51. The second kappa shape index (κ2) is 6.96. The maximum absolute atomic E-state index is 13.5. The van der Waals surface area contributed by atoms with Crippen LogP contribution < -0.4 is 10.5 Å². The summed E-state index contributed by atoms with van der Waals surface area (Å²) in [4.78, 5) is 4.12. The standard InChI is InChI=1S/C19H11F4N3O/c20-13-3-1-2-12(8-13)17-9-15(16(10-24)18(25)26-17)11-4-6-14(7-5-11)27-19(21,22)23/h1-9H,(H2,25,26). The molecule has 8 heteroatoms. The minimum atomic E-state index is -4.80. The number of hydrogen-bond donors (Lipinski definition) is 1. The summed E-state index contributed by atoms with van der Waals surface area (Å²) < 4.78 is 54.2. The van der Waals surface area contributed by atoms with Crippen LogP contribution in [0.15, 0.2) is 54.6 Å². The Morgan fingerprint density at radius 1 is 1.00 bits per heavy atom. The van der Waals surface area contributed by atoms with Crippen molar-refractivity contribution in [2.45, 2.75) is 6.36 Å². The van der Waals surface area contributed by atoms with Crippen LogP contribution in [-0.2, 0) is 0 Å². The molecule has 0 amide bonds. The van der Waals surface area contributed by atoms with Gasteiger partial charge in [-0.25, -0.2) is 9.37 Å². The van der Waals surface area contributed by atoms with Gasteiger partial charge in [-0.05, 0) is 35.9 Å². The first kappa shape index (κ1) is 18.2. The molecule has 0 unspecified atom stereocenters. The third-order valence-corrected chi connectivity index (χ3v) is 3.68. The molecule has 4 nitrogen and oxygen atoms in total. The number of rotatable bonds is 3. The van der Waals surface area contributed by atoms with Gasteiger partial charge >= 0.3 is 6.36 Å². The van der Waals surface area contributed by atoms with Crippen LogP contribution >= 0.6 is 0 Å². The smallest absolute Gasteiger partial charge is 0.406 e. The molecule has 0 radical (unpaired) electrons. The Kier molecular flexibility index (Phi) is 4.69. The number of aromatic nitrogens is 1. The predicted octanol–water partition coefficient (Wildman–Crippen LogP) is 4.91. The lowest BCUT2D eigenvalue weighted by molar-refractivity contribution is -0.274. The fraction of sp³-hybridized carbons (Fsp3) is 0.0526. The third-order valence-electron chi connectivity index (χ3n) is 3.68. The van der Waals surface area contributed by atoms with Crippen molar-refractivity contribution in [3.05, 3.63) is 66.0 Å². The average Bonchev–Trinajstić information content (AvgIpc) is 2.60. The molecule has 3 rings (SSSR count). The topological polar surface area (TPSA) is 71.9 Å². The summed E-state index contributed by atoms with van der Waals surface area (Å²) in [5, 5.41) is 9.37. The Morgan fingerprint density at radius 3 is 2.30 bits per heavy atom. The summed E-state index contributed by atoms with van der Waals surface area (Å²) in [7, 11) is 0. The zero-order valence-electron chi connectivity index (χ0n) is 13.6. The van der Waals surface area contributed by atoms with Crippen molar-refractivity contribution in [3.8, 4) is 34.2 Å². The van der Waals surface area contributed by atoms with E-state index in [2.05, 4.69) is 9.72 Å². The van der Waals surface area contributed by atoms with Gasteiger partial charge in [0.1, 0.15) is 29.0 Å². The van der Waals surface area contributed by atoms with Gasteiger partial charge in [0.25, 0.3) is 0 Å². The van der Waals surface area contributed by atoms with Gasteiger partial charge in [-0.2, -0.15) is 5.26 Å². The van der Waals surface area contributed by atoms with E-state index < -0.39 is 17.9 Å². The van der Waals surface area contributed by atoms with Gasteiger partial charge in [-0.3, -0.25) is 0 Å². The molecule has 136 valence electrons. The van der Waals surface area contributed by atoms with Crippen LogP contribution in [0, 0.1) is 17.1 Å². The number of alkyl halides is 3. The van der Waals surface area contributed by atoms with Gasteiger partial charge in [0, 0.05) is 11.1 Å². The van der Waals surface area contributed by atoms with E-state index in [4.69, 9.17) is 5.73 Å². The lowest BCUT2D eigenvalue weighted by Crippen LogP contribution is -2.16. The van der Waals surface area contributed by atoms with Gasteiger partial charge in [0.05, 0.1) is 5.69 Å². The molecule has 0 spiro atoms. The molecule has 2 aromatic carbocycles. The number of nitrogens with two attached hydrogens (primary N) is 1. The highest BCUT2D eigenvalue weighted by molar-refractivity contribution is 5.80. The van der Waals surface area contributed by atoms with Crippen LogP contribution in [0.1, 0.15) is 5.56 Å². The molecular weight excluding hydrogens is 362 g/mol. The summed E-state index contributed by atoms with van der Waals surface area (Å²) in [5.74, 6) is -0.922. The number of hydrogen-bond acceptors (Lipinski definition) is 4. The average molecular weight is 373 g/mol. The first-order valence-corrected chi connectivity index (χ1v) is 7.59. The highest BCUT2D eigenvalue weighted by atomic mass is 19.4. The molecule has 1 heterocycles. The van der Waals surface area contributed by atoms with E-state index in [9.17, 15) is 22.8 Å². The van der Waals surface area contributed by atoms with Gasteiger partial charge in [-0.15, -0.1) is 13.2 Å². The lowest BCUT2D eigenvalue weighted by atomic mass is 9.98. The Hall–Kier alpha value is -3.60. The first-order valence-electron chi connectivity index (χ1n) is 7.59. The molecule has 1 aromatic heterocycles. The number of nitrogens with zero attached hydrogens (tertiary/aromatic N) is 2. The SMILES string of the molecule is N#Cc1c(-c2ccc(OC(F)(F)F)cc2)cc(-c2cccc(F)c2)nc1N. The monoisotopic (exact) mass is 373 g/mol. The summed E-state index contributed by atoms with van der Waals surface area (Å²) in [6.45, 7) is 0. The van der Waals surface area contributed by atoms with E-state index in [0.29, 0.717) is 22.4 Å². The molecule has 0 aliphatic heterocycles. The number of nitrogen functional groups attached to an aromatic ring is 1. The van der Waals surface area contributed by atoms with Crippen LogP contribution in [0.3, 0.4) is 0 Å². The number of pyridine rings is 1. The van der Waals surface area contributed by atoms with E-state index in [1.807, 2.05) is 6.07 Å². The Labute approximate surface area is 151 Å². The number of ether oxygens (including phenoxy) is 1. The highest BCUT2D eigenvalue weighted by Gasteiger charge is 2.31. The van der Waals surface area contributed by atoms with Crippen LogP contribution in [0.25, 0.3) is 22.4 Å². The molecule has 0 saturated heterocycles. The molecule has 27 heavy (non-hydrogen) atoms. The number of halogens is 4. The van der Waals surface area contributed by atoms with E-state index in [-0.39, 0.29) is 11.4 Å². The molecule has 0 aliphatic rings. The van der Waals surface area contributed by atoms with Crippen LogP contribution in [0.2, 0.25) is 0 Å². The summed E-state index contributed by atoms with van der Waals surface area (Å²) in [5.41, 5.74) is 7.51. The summed E-state index contributed by atoms with van der Waals surface area (Å²) in [6, 6.07) is 14.1. The molecule has 0 atom stereocenters. The van der Waals surface area contributed by atoms with Crippen molar-refractivity contribution in [1.82, 2.24) is 4.98 Å². The largest absolute Gasteiger partial charge is 0.573 e. The maximum atomic E-state index is 13.5. The van der Waals surface area contributed by atoms with E-state index >= 15 is 0 Å². The molecular formula is C19H11F4N3O. The van der Waals surface area contributed by atoms with Gasteiger partial charge in [-0.1, -0.05) is 24.3 Å². The van der Waals surface area contributed by atoms with Crippen molar-refractivity contribution in [1.29, 1.82) is 5.26 Å². The summed E-state index contributed by atoms with van der Waals surface area (Å²) in [6.07, 6.45) is -4.80. The van der Waals surface area contributed by atoms with Gasteiger partial charge in [0.2, 0.25) is 0 Å². The van der Waals surface area contributed by atoms with Crippen LogP contribution in [0.4, 0.5) is 23.4 Å². The number of nitriles is 1. The Balaban J connectivity index is 2.08. The second-order valence-electron chi connectivity index (χ2n) is 5.51. The van der Waals surface area contributed by atoms with Crippen molar-refractivity contribution >= 4 is 5.82 Å². The third kappa shape index (κ3) is 4.15. The Bertz CT molecular complexity index is 1020. The van der Waals surface area contributed by atoms with Crippen LogP contribution in [-0.4, -0.2) is 11.3 Å². The highest BCUT2D eigenvalue weighted by Crippen LogP contribution is 2.33. The van der Waals surface area contributed by atoms with Crippen molar-refractivity contribution < 1.29 is 22.3 Å². The van der Waals surface area contributed by atoms with Crippen molar-refractivity contribution in [2.24, 2.45) is 0 Å². The number of benzene rings is 2. The summed E-state index contributed by atoms with van der Waals surface area (Å²) >= 11 is 0. The number of anilines is 1. The molecule has 2 N–H and O–H groups in total. The van der Waals surface area contributed by atoms with E-state index in [0.717, 1.165) is 12.1 Å². The predicted molar refractivity (Wildman–Crippen MR) is 90.9 cm³/mol.